The molecule has 0 spiro atoms. The van der Waals surface area contributed by atoms with Gasteiger partial charge in [0.2, 0.25) is 0 Å². The summed E-state index contributed by atoms with van der Waals surface area (Å²) < 4.78 is 0. The summed E-state index contributed by atoms with van der Waals surface area (Å²) in [4.78, 5) is 8.60. The zero-order valence-corrected chi connectivity index (χ0v) is 12.7. The molecule has 0 saturated heterocycles. The van der Waals surface area contributed by atoms with E-state index in [9.17, 15) is 0 Å². The lowest BCUT2D eigenvalue weighted by Crippen LogP contribution is -2.18. The van der Waals surface area contributed by atoms with E-state index in [1.54, 1.807) is 10.4 Å². The number of hydrogen-bond donors (Lipinski definition) is 1. The van der Waals surface area contributed by atoms with Gasteiger partial charge in [-0.3, -0.25) is 4.84 Å². The van der Waals surface area contributed by atoms with E-state index in [-0.39, 0.29) is 6.04 Å². The van der Waals surface area contributed by atoms with Gasteiger partial charge in [-0.1, -0.05) is 30.3 Å². The van der Waals surface area contributed by atoms with E-state index in [0.29, 0.717) is 6.61 Å². The van der Waals surface area contributed by atoms with Crippen molar-refractivity contribution in [2.24, 2.45) is 0 Å². The largest absolute Gasteiger partial charge is 0.296 e. The van der Waals surface area contributed by atoms with Crippen molar-refractivity contribution in [3.05, 3.63) is 57.3 Å². The van der Waals surface area contributed by atoms with Crippen molar-refractivity contribution in [1.82, 2.24) is 5.48 Å². The second-order valence-corrected chi connectivity index (χ2v) is 6.59. The van der Waals surface area contributed by atoms with Crippen LogP contribution in [0, 0.1) is 0 Å². The quantitative estimate of drug-likeness (QED) is 0.822. The minimum absolute atomic E-state index is 0.259. The Morgan fingerprint density at radius 2 is 2.00 bits per heavy atom. The van der Waals surface area contributed by atoms with Crippen LogP contribution >= 0.6 is 11.3 Å². The standard InChI is InChI=1S/C17H21NOS/c1-13(18-19-12-14-7-3-2-4-8-14)17-11-15-9-5-6-10-16(15)20-17/h2-4,7-8,11,13,18H,5-6,9-10,12H2,1H3. The van der Waals surface area contributed by atoms with Gasteiger partial charge in [-0.15, -0.1) is 11.3 Å². The van der Waals surface area contributed by atoms with Crippen LogP contribution in [0.2, 0.25) is 0 Å². The lowest BCUT2D eigenvalue weighted by Gasteiger charge is -2.12. The van der Waals surface area contributed by atoms with Crippen LogP contribution < -0.4 is 5.48 Å². The predicted octanol–water partition coefficient (Wildman–Crippen LogP) is 4.41. The zero-order valence-electron chi connectivity index (χ0n) is 11.9. The third-order valence-electron chi connectivity index (χ3n) is 3.78. The Balaban J connectivity index is 1.54. The average Bonchev–Trinajstić information content (AvgIpc) is 2.92. The summed E-state index contributed by atoms with van der Waals surface area (Å²) in [6.45, 7) is 2.78. The first kappa shape index (κ1) is 13.8. The van der Waals surface area contributed by atoms with Crippen LogP contribution in [0.3, 0.4) is 0 Å². The molecule has 1 unspecified atom stereocenters. The Bertz CT molecular complexity index is 526. The van der Waals surface area contributed by atoms with E-state index in [4.69, 9.17) is 4.84 Å². The zero-order chi connectivity index (χ0) is 13.8. The highest BCUT2D eigenvalue weighted by molar-refractivity contribution is 7.12. The molecule has 106 valence electrons. The molecule has 0 fully saturated rings. The van der Waals surface area contributed by atoms with Crippen molar-refractivity contribution in [2.45, 2.75) is 45.3 Å². The molecule has 1 aliphatic carbocycles. The van der Waals surface area contributed by atoms with Crippen molar-refractivity contribution in [3.8, 4) is 0 Å². The number of thiophene rings is 1. The molecule has 1 heterocycles. The lowest BCUT2D eigenvalue weighted by atomic mass is 9.99. The first-order valence-corrected chi connectivity index (χ1v) is 8.17. The van der Waals surface area contributed by atoms with Crippen molar-refractivity contribution in [1.29, 1.82) is 0 Å². The molecule has 0 bridgehead atoms. The molecule has 2 aromatic rings. The number of benzene rings is 1. The third kappa shape index (κ3) is 3.29. The fraction of sp³-hybridized carbons (Fsp3) is 0.412. The van der Waals surface area contributed by atoms with Crippen LogP contribution in [0.4, 0.5) is 0 Å². The van der Waals surface area contributed by atoms with Gasteiger partial charge in [0.05, 0.1) is 12.6 Å². The van der Waals surface area contributed by atoms with Gasteiger partial charge in [0.15, 0.2) is 0 Å². The Morgan fingerprint density at radius 1 is 1.20 bits per heavy atom. The van der Waals surface area contributed by atoms with Gasteiger partial charge in [-0.2, -0.15) is 5.48 Å². The number of fused-ring (bicyclic) bond motifs is 1. The highest BCUT2D eigenvalue weighted by Gasteiger charge is 2.16. The molecule has 0 radical (unpaired) electrons. The van der Waals surface area contributed by atoms with E-state index in [2.05, 4.69) is 30.6 Å². The number of nitrogens with one attached hydrogen (secondary N) is 1. The van der Waals surface area contributed by atoms with Gasteiger partial charge in [-0.05, 0) is 49.8 Å². The molecular weight excluding hydrogens is 266 g/mol. The van der Waals surface area contributed by atoms with Gasteiger partial charge >= 0.3 is 0 Å². The molecule has 1 atom stereocenters. The summed E-state index contributed by atoms with van der Waals surface area (Å²) in [6, 6.07) is 12.9. The van der Waals surface area contributed by atoms with E-state index < -0.39 is 0 Å². The first-order valence-electron chi connectivity index (χ1n) is 7.35. The van der Waals surface area contributed by atoms with Crippen LogP contribution in [-0.2, 0) is 24.3 Å². The third-order valence-corrected chi connectivity index (χ3v) is 5.20. The van der Waals surface area contributed by atoms with Gasteiger partial charge in [0.1, 0.15) is 0 Å². The molecule has 1 aromatic heterocycles. The summed E-state index contributed by atoms with van der Waals surface area (Å²) in [6.07, 6.45) is 5.20. The Labute approximate surface area is 124 Å². The smallest absolute Gasteiger partial charge is 0.0933 e. The molecule has 2 nitrogen and oxygen atoms in total. The monoisotopic (exact) mass is 287 g/mol. The maximum absolute atomic E-state index is 5.62. The van der Waals surface area contributed by atoms with Crippen molar-refractivity contribution < 1.29 is 4.84 Å². The van der Waals surface area contributed by atoms with Crippen LogP contribution in [0.25, 0.3) is 0 Å². The summed E-state index contributed by atoms with van der Waals surface area (Å²) in [7, 11) is 0. The average molecular weight is 287 g/mol. The molecule has 3 heteroatoms. The van der Waals surface area contributed by atoms with Gasteiger partial charge < -0.3 is 0 Å². The number of hydrogen-bond acceptors (Lipinski definition) is 3. The minimum atomic E-state index is 0.259. The molecule has 3 rings (SSSR count). The number of hydroxylamine groups is 1. The predicted molar refractivity (Wildman–Crippen MR) is 83.7 cm³/mol. The SMILES string of the molecule is CC(NOCc1ccccc1)c1cc2c(s1)CCCC2. The van der Waals surface area contributed by atoms with Crippen LogP contribution in [-0.4, -0.2) is 0 Å². The normalized spacial score (nSPS) is 15.8. The minimum Gasteiger partial charge on any atom is -0.296 e. The fourth-order valence-corrected chi connectivity index (χ4v) is 3.86. The molecular formula is C17H21NOS. The Kier molecular flexibility index (Phi) is 4.51. The number of aryl methyl sites for hydroxylation is 2. The molecule has 20 heavy (non-hydrogen) atoms. The highest BCUT2D eigenvalue weighted by Crippen LogP contribution is 2.32. The van der Waals surface area contributed by atoms with Crippen LogP contribution in [0.1, 0.15) is 46.7 Å². The maximum Gasteiger partial charge on any atom is 0.0933 e. The Hall–Kier alpha value is -1.16. The van der Waals surface area contributed by atoms with Crippen molar-refractivity contribution >= 4 is 11.3 Å². The highest BCUT2D eigenvalue weighted by atomic mass is 32.1. The van der Waals surface area contributed by atoms with E-state index in [1.807, 2.05) is 29.5 Å². The summed E-state index contributed by atoms with van der Waals surface area (Å²) >= 11 is 1.95. The maximum atomic E-state index is 5.62. The van der Waals surface area contributed by atoms with Crippen molar-refractivity contribution in [2.75, 3.05) is 0 Å². The summed E-state index contributed by atoms with van der Waals surface area (Å²) in [5.41, 5.74) is 5.92. The molecule has 1 aromatic carbocycles. The first-order chi connectivity index (χ1) is 9.83. The van der Waals surface area contributed by atoms with Gasteiger partial charge in [-0.25, -0.2) is 0 Å². The Morgan fingerprint density at radius 3 is 2.80 bits per heavy atom. The van der Waals surface area contributed by atoms with E-state index >= 15 is 0 Å². The molecule has 0 aliphatic heterocycles. The second kappa shape index (κ2) is 6.53. The fourth-order valence-electron chi connectivity index (χ4n) is 2.61. The second-order valence-electron chi connectivity index (χ2n) is 5.42. The summed E-state index contributed by atoms with van der Waals surface area (Å²) in [5, 5.41) is 0. The van der Waals surface area contributed by atoms with Gasteiger partial charge in [0, 0.05) is 9.75 Å². The van der Waals surface area contributed by atoms with Crippen LogP contribution in [0.5, 0.6) is 0 Å². The number of rotatable bonds is 5. The van der Waals surface area contributed by atoms with E-state index in [0.717, 1.165) is 0 Å². The summed E-state index contributed by atoms with van der Waals surface area (Å²) in [5.74, 6) is 0. The van der Waals surface area contributed by atoms with Crippen LogP contribution in [0.15, 0.2) is 36.4 Å². The van der Waals surface area contributed by atoms with E-state index in [1.165, 1.54) is 36.1 Å². The molecule has 1 N–H and O–H groups in total. The van der Waals surface area contributed by atoms with Gasteiger partial charge in [0.25, 0.3) is 0 Å². The lowest BCUT2D eigenvalue weighted by molar-refractivity contribution is 0.00770. The molecule has 0 saturated carbocycles. The molecule has 1 aliphatic rings. The topological polar surface area (TPSA) is 21.3 Å². The van der Waals surface area contributed by atoms with Crippen molar-refractivity contribution in [3.63, 3.8) is 0 Å². The molecule has 0 amide bonds.